The lowest BCUT2D eigenvalue weighted by molar-refractivity contribution is 1.00. The van der Waals surface area contributed by atoms with Crippen LogP contribution in [-0.4, -0.2) is 14.5 Å². The molecule has 0 saturated carbocycles. The molecule has 0 bridgehead atoms. The molecule has 0 radical (unpaired) electrons. The summed E-state index contributed by atoms with van der Waals surface area (Å²) in [6, 6.07) is 47.8. The van der Waals surface area contributed by atoms with Crippen molar-refractivity contribution in [3.63, 3.8) is 0 Å². The summed E-state index contributed by atoms with van der Waals surface area (Å²) >= 11 is 0. The van der Waals surface area contributed by atoms with Crippen LogP contribution in [0.2, 0.25) is 0 Å². The molecule has 0 spiro atoms. The van der Waals surface area contributed by atoms with E-state index in [1.165, 1.54) is 49.4 Å². The van der Waals surface area contributed by atoms with Gasteiger partial charge in [-0.25, -0.2) is 4.98 Å². The van der Waals surface area contributed by atoms with E-state index in [1.54, 1.807) is 0 Å². The van der Waals surface area contributed by atoms with Crippen LogP contribution in [0.5, 0.6) is 0 Å². The largest absolute Gasteiger partial charge is 0.297 e. The Kier molecular flexibility index (Phi) is 5.68. The van der Waals surface area contributed by atoms with E-state index in [2.05, 4.69) is 144 Å². The quantitative estimate of drug-likeness (QED) is 0.209. The van der Waals surface area contributed by atoms with Gasteiger partial charge < -0.3 is 0 Å². The average molecular weight is 538 g/mol. The highest BCUT2D eigenvalue weighted by Gasteiger charge is 2.19. The molecule has 6 aromatic carbocycles. The minimum atomic E-state index is 0.983. The number of aryl methyl sites for hydroxylation is 1. The summed E-state index contributed by atoms with van der Waals surface area (Å²) in [5, 5.41) is 4.97. The van der Waals surface area contributed by atoms with Crippen molar-refractivity contribution in [2.75, 3.05) is 0 Å². The van der Waals surface area contributed by atoms with Crippen molar-refractivity contribution in [2.24, 2.45) is 0 Å². The number of nitrogens with zero attached hydrogens (tertiary/aromatic N) is 3. The van der Waals surface area contributed by atoms with E-state index < -0.39 is 0 Å². The van der Waals surface area contributed by atoms with E-state index in [4.69, 9.17) is 4.98 Å². The third-order valence-electron chi connectivity index (χ3n) is 8.26. The maximum atomic E-state index is 4.78. The van der Waals surface area contributed by atoms with Crippen LogP contribution in [0.15, 0.2) is 146 Å². The number of aromatic nitrogens is 3. The predicted octanol–water partition coefficient (Wildman–Crippen LogP) is 10.0. The van der Waals surface area contributed by atoms with Crippen molar-refractivity contribution in [2.45, 2.75) is 6.92 Å². The first-order valence-corrected chi connectivity index (χ1v) is 14.3. The molecule has 3 heteroatoms. The summed E-state index contributed by atoms with van der Waals surface area (Å²) in [5.74, 6) is 0.983. The molecule has 8 aromatic rings. The summed E-state index contributed by atoms with van der Waals surface area (Å²) in [4.78, 5) is 9.03. The second kappa shape index (κ2) is 9.83. The van der Waals surface area contributed by atoms with Crippen molar-refractivity contribution < 1.29 is 0 Å². The van der Waals surface area contributed by atoms with Crippen LogP contribution in [0.4, 0.5) is 0 Å². The number of pyridine rings is 1. The Hall–Kier alpha value is -5.54. The molecule has 0 amide bonds. The Morgan fingerprint density at radius 2 is 1.02 bits per heavy atom. The minimum Gasteiger partial charge on any atom is -0.297 e. The maximum Gasteiger partial charge on any atom is 0.111 e. The fourth-order valence-electron chi connectivity index (χ4n) is 6.46. The lowest BCUT2D eigenvalue weighted by Crippen LogP contribution is -1.97. The van der Waals surface area contributed by atoms with E-state index in [0.29, 0.717) is 0 Å². The second-order valence-corrected chi connectivity index (χ2v) is 10.7. The Balaban J connectivity index is 1.37. The first-order chi connectivity index (χ1) is 20.8. The fourth-order valence-corrected chi connectivity index (χ4v) is 6.46. The van der Waals surface area contributed by atoms with Gasteiger partial charge in [0.2, 0.25) is 0 Å². The van der Waals surface area contributed by atoms with Gasteiger partial charge in [-0.3, -0.25) is 9.55 Å². The monoisotopic (exact) mass is 537 g/mol. The molecule has 0 atom stereocenters. The second-order valence-electron chi connectivity index (χ2n) is 10.7. The topological polar surface area (TPSA) is 30.7 Å². The summed E-state index contributed by atoms with van der Waals surface area (Å²) in [5.41, 5.74) is 10.5. The third-order valence-corrected chi connectivity index (χ3v) is 8.26. The molecule has 2 aromatic heterocycles. The van der Waals surface area contributed by atoms with Crippen LogP contribution < -0.4 is 0 Å². The van der Waals surface area contributed by atoms with Crippen molar-refractivity contribution in [1.82, 2.24) is 14.5 Å². The minimum absolute atomic E-state index is 0.983. The number of hydrogen-bond donors (Lipinski definition) is 0. The first kappa shape index (κ1) is 24.3. The highest BCUT2D eigenvalue weighted by atomic mass is 15.1. The summed E-state index contributed by atoms with van der Waals surface area (Å²) in [7, 11) is 0. The van der Waals surface area contributed by atoms with Gasteiger partial charge in [0, 0.05) is 18.1 Å². The Morgan fingerprint density at radius 1 is 0.476 bits per heavy atom. The SMILES string of the molecule is Cc1nc2ccccc2n1-c1ccc(-c2c3ccccc3c(-c3ccccc3-c3ccncc3)c3ccccc23)cc1. The zero-order valence-corrected chi connectivity index (χ0v) is 23.2. The zero-order chi connectivity index (χ0) is 28.0. The van der Waals surface area contributed by atoms with E-state index in [1.807, 2.05) is 18.5 Å². The summed E-state index contributed by atoms with van der Waals surface area (Å²) in [6.07, 6.45) is 3.73. The molecule has 8 rings (SSSR count). The van der Waals surface area contributed by atoms with Crippen molar-refractivity contribution >= 4 is 32.6 Å². The normalized spacial score (nSPS) is 11.5. The van der Waals surface area contributed by atoms with E-state index >= 15 is 0 Å². The molecular weight excluding hydrogens is 510 g/mol. The Labute approximate surface area is 244 Å². The molecule has 42 heavy (non-hydrogen) atoms. The number of fused-ring (bicyclic) bond motifs is 3. The van der Waals surface area contributed by atoms with Crippen LogP contribution in [0.3, 0.4) is 0 Å². The van der Waals surface area contributed by atoms with Crippen molar-refractivity contribution in [1.29, 1.82) is 0 Å². The van der Waals surface area contributed by atoms with E-state index in [-0.39, 0.29) is 0 Å². The van der Waals surface area contributed by atoms with Crippen molar-refractivity contribution in [3.8, 4) is 39.1 Å². The number of imidazole rings is 1. The predicted molar refractivity (Wildman–Crippen MR) is 175 cm³/mol. The van der Waals surface area contributed by atoms with Gasteiger partial charge in [-0.1, -0.05) is 97.1 Å². The molecule has 0 unspecified atom stereocenters. The van der Waals surface area contributed by atoms with E-state index in [0.717, 1.165) is 28.1 Å². The van der Waals surface area contributed by atoms with Gasteiger partial charge in [0.15, 0.2) is 0 Å². The average Bonchev–Trinajstić information content (AvgIpc) is 3.39. The van der Waals surface area contributed by atoms with Gasteiger partial charge in [0.25, 0.3) is 0 Å². The summed E-state index contributed by atoms with van der Waals surface area (Å²) < 4.78 is 2.23. The van der Waals surface area contributed by atoms with Gasteiger partial charge >= 0.3 is 0 Å². The molecule has 198 valence electrons. The molecular formula is C39H27N3. The molecule has 0 aliphatic carbocycles. The lowest BCUT2D eigenvalue weighted by Gasteiger charge is -2.20. The number of benzene rings is 6. The zero-order valence-electron chi connectivity index (χ0n) is 23.2. The van der Waals surface area contributed by atoms with Crippen molar-refractivity contribution in [3.05, 3.63) is 152 Å². The van der Waals surface area contributed by atoms with Gasteiger partial charge in [0.1, 0.15) is 5.82 Å². The fraction of sp³-hybridized carbons (Fsp3) is 0.0256. The molecule has 0 aliphatic rings. The first-order valence-electron chi connectivity index (χ1n) is 14.3. The number of hydrogen-bond acceptors (Lipinski definition) is 2. The molecule has 3 nitrogen and oxygen atoms in total. The highest BCUT2D eigenvalue weighted by Crippen LogP contribution is 2.46. The van der Waals surface area contributed by atoms with Gasteiger partial charge in [-0.2, -0.15) is 0 Å². The lowest BCUT2D eigenvalue weighted by atomic mass is 9.84. The number of para-hydroxylation sites is 2. The molecule has 0 fully saturated rings. The highest BCUT2D eigenvalue weighted by molar-refractivity contribution is 6.22. The molecule has 0 aliphatic heterocycles. The Morgan fingerprint density at radius 3 is 1.69 bits per heavy atom. The molecule has 0 N–H and O–H groups in total. The third kappa shape index (κ3) is 3.82. The van der Waals surface area contributed by atoms with Crippen LogP contribution in [0.25, 0.3) is 71.6 Å². The number of rotatable bonds is 4. The molecule has 2 heterocycles. The summed E-state index contributed by atoms with van der Waals surface area (Å²) in [6.45, 7) is 2.07. The van der Waals surface area contributed by atoms with Gasteiger partial charge in [-0.05, 0) is 98.2 Å². The standard InChI is InChI=1S/C39H27N3/c1-26-41-36-16-8-9-17-37(36)42(26)29-20-18-28(19-21-29)38-32-12-4-6-14-34(32)39(35-15-7-5-13-33(35)38)31-11-3-2-10-30(31)27-22-24-40-25-23-27/h2-25H,1H3. The van der Waals surface area contributed by atoms with E-state index in [9.17, 15) is 0 Å². The Bertz CT molecular complexity index is 2190. The van der Waals surface area contributed by atoms with Gasteiger partial charge in [-0.15, -0.1) is 0 Å². The van der Waals surface area contributed by atoms with Gasteiger partial charge in [0.05, 0.1) is 11.0 Å². The van der Waals surface area contributed by atoms with Crippen LogP contribution in [-0.2, 0) is 0 Å². The van der Waals surface area contributed by atoms with Crippen LogP contribution >= 0.6 is 0 Å². The van der Waals surface area contributed by atoms with Crippen LogP contribution in [0.1, 0.15) is 5.82 Å². The smallest absolute Gasteiger partial charge is 0.111 e. The maximum absolute atomic E-state index is 4.78. The molecule has 0 saturated heterocycles. The van der Waals surface area contributed by atoms with Crippen LogP contribution in [0, 0.1) is 6.92 Å².